The Kier molecular flexibility index (Phi) is 8.07. The van der Waals surface area contributed by atoms with Crippen molar-refractivity contribution in [3.05, 3.63) is 65.7 Å². The summed E-state index contributed by atoms with van der Waals surface area (Å²) in [7, 11) is 1.45. The Balaban J connectivity index is 2.25. The Bertz CT molecular complexity index is 934. The number of amides is 1. The summed E-state index contributed by atoms with van der Waals surface area (Å²) in [6.07, 6.45) is 2.37. The maximum Gasteiger partial charge on any atom is 0.412 e. The molecular formula is C24H29NO6. The van der Waals surface area contributed by atoms with E-state index in [-0.39, 0.29) is 5.75 Å². The zero-order valence-electron chi connectivity index (χ0n) is 18.2. The quantitative estimate of drug-likeness (QED) is 0.460. The van der Waals surface area contributed by atoms with E-state index in [4.69, 9.17) is 14.6 Å². The molecule has 0 fully saturated rings. The number of carbonyl (C=O) groups is 2. The lowest BCUT2D eigenvalue weighted by molar-refractivity contribution is -0.131. The van der Waals surface area contributed by atoms with Crippen molar-refractivity contribution in [3.63, 3.8) is 0 Å². The third-order valence-electron chi connectivity index (χ3n) is 4.95. The van der Waals surface area contributed by atoms with Gasteiger partial charge in [-0.1, -0.05) is 43.7 Å². The molecule has 7 heteroatoms. The molecule has 0 aliphatic rings. The molecule has 0 aromatic heterocycles. The van der Waals surface area contributed by atoms with Crippen molar-refractivity contribution in [2.24, 2.45) is 5.41 Å². The number of methoxy groups -OCH3 is 1. The van der Waals surface area contributed by atoms with E-state index in [0.29, 0.717) is 29.8 Å². The van der Waals surface area contributed by atoms with E-state index in [0.717, 1.165) is 11.6 Å². The highest BCUT2D eigenvalue weighted by Crippen LogP contribution is 2.42. The van der Waals surface area contributed by atoms with E-state index < -0.39 is 23.6 Å². The van der Waals surface area contributed by atoms with Gasteiger partial charge in [0.1, 0.15) is 6.10 Å². The van der Waals surface area contributed by atoms with Crippen LogP contribution in [0.3, 0.4) is 0 Å². The minimum atomic E-state index is -1.01. The molecule has 2 aromatic rings. The molecule has 31 heavy (non-hydrogen) atoms. The zero-order chi connectivity index (χ0) is 23.0. The Morgan fingerprint density at radius 3 is 2.42 bits per heavy atom. The Morgan fingerprint density at radius 1 is 1.16 bits per heavy atom. The van der Waals surface area contributed by atoms with Crippen molar-refractivity contribution in [1.82, 2.24) is 0 Å². The highest BCUT2D eigenvalue weighted by molar-refractivity contribution is 5.84. The van der Waals surface area contributed by atoms with Crippen molar-refractivity contribution >= 4 is 17.7 Å². The molecule has 7 nitrogen and oxygen atoms in total. The van der Waals surface area contributed by atoms with E-state index >= 15 is 0 Å². The number of aromatic hydroxyl groups is 1. The third kappa shape index (κ3) is 7.06. The first kappa shape index (κ1) is 23.8. The second-order valence-electron chi connectivity index (χ2n) is 7.98. The topological polar surface area (TPSA) is 105 Å². The van der Waals surface area contributed by atoms with Crippen molar-refractivity contribution in [3.8, 4) is 11.5 Å². The Labute approximate surface area is 182 Å². The number of carbonyl (C=O) groups excluding carboxylic acids is 1. The van der Waals surface area contributed by atoms with Crippen molar-refractivity contribution < 1.29 is 29.3 Å². The van der Waals surface area contributed by atoms with Crippen LogP contribution in [0.4, 0.5) is 10.5 Å². The van der Waals surface area contributed by atoms with Gasteiger partial charge in [0.05, 0.1) is 7.11 Å². The normalized spacial score (nSPS) is 12.4. The molecule has 0 aliphatic heterocycles. The first-order chi connectivity index (χ1) is 14.6. The number of aryl methyl sites for hydroxylation is 1. The van der Waals surface area contributed by atoms with E-state index in [1.807, 2.05) is 32.9 Å². The molecule has 0 bridgehead atoms. The van der Waals surface area contributed by atoms with Gasteiger partial charge >= 0.3 is 12.1 Å². The van der Waals surface area contributed by atoms with Gasteiger partial charge in [-0.2, -0.15) is 0 Å². The highest BCUT2D eigenvalue weighted by Gasteiger charge is 2.34. The number of carboxylic acids is 1. The minimum absolute atomic E-state index is 0.0610. The van der Waals surface area contributed by atoms with Crippen LogP contribution >= 0.6 is 0 Å². The monoisotopic (exact) mass is 427 g/mol. The first-order valence-electron chi connectivity index (χ1n) is 9.93. The summed E-state index contributed by atoms with van der Waals surface area (Å²) < 4.78 is 10.9. The van der Waals surface area contributed by atoms with Crippen LogP contribution < -0.4 is 10.1 Å². The number of nitrogens with one attached hydrogen (secondary N) is 1. The molecule has 2 aromatic carbocycles. The van der Waals surface area contributed by atoms with Crippen LogP contribution in [0.1, 0.15) is 43.9 Å². The molecule has 0 heterocycles. The van der Waals surface area contributed by atoms with Crippen LogP contribution in [0, 0.1) is 12.3 Å². The zero-order valence-corrected chi connectivity index (χ0v) is 18.2. The van der Waals surface area contributed by atoms with Crippen LogP contribution in [-0.2, 0) is 9.53 Å². The van der Waals surface area contributed by atoms with Crippen molar-refractivity contribution in [2.45, 2.75) is 39.7 Å². The number of phenols is 1. The number of aliphatic carboxylic acids is 1. The standard InChI is InChI=1S/C24H29NO6/c1-16-8-11-18(12-9-16)25-23(29)31-22(17-10-13-20(30-4)19(26)15-17)24(2,3)14-6-5-7-21(27)28/h5,7-13,15,22,26H,6,14H2,1-4H3,(H,25,29)(H,27,28)/b7-5+/t22-/m1/s1. The number of hydrogen-bond acceptors (Lipinski definition) is 5. The van der Waals surface area contributed by atoms with Crippen LogP contribution in [-0.4, -0.2) is 29.4 Å². The van der Waals surface area contributed by atoms with Gasteiger partial charge in [0.2, 0.25) is 0 Å². The smallest absolute Gasteiger partial charge is 0.412 e. The predicted molar refractivity (Wildman–Crippen MR) is 118 cm³/mol. The minimum Gasteiger partial charge on any atom is -0.504 e. The van der Waals surface area contributed by atoms with E-state index in [2.05, 4.69) is 5.32 Å². The number of carboxylic acid groups (broad SMARTS) is 1. The second kappa shape index (κ2) is 10.5. The van der Waals surface area contributed by atoms with E-state index in [1.165, 1.54) is 13.2 Å². The summed E-state index contributed by atoms with van der Waals surface area (Å²) in [6.45, 7) is 5.80. The fraction of sp³-hybridized carbons (Fsp3) is 0.333. The lowest BCUT2D eigenvalue weighted by Crippen LogP contribution is -2.29. The molecule has 1 amide bonds. The fourth-order valence-corrected chi connectivity index (χ4v) is 3.21. The number of benzene rings is 2. The molecule has 1 atom stereocenters. The number of phenolic OH excluding ortho intramolecular Hbond substituents is 1. The average Bonchev–Trinajstić information content (AvgIpc) is 2.71. The van der Waals surface area contributed by atoms with Gasteiger partial charge in [0.15, 0.2) is 11.5 Å². The number of anilines is 1. The van der Waals surface area contributed by atoms with Crippen LogP contribution in [0.25, 0.3) is 0 Å². The molecule has 166 valence electrons. The summed E-state index contributed by atoms with van der Waals surface area (Å²) in [6, 6.07) is 12.2. The molecule has 0 saturated carbocycles. The maximum atomic E-state index is 12.6. The average molecular weight is 427 g/mol. The lowest BCUT2D eigenvalue weighted by Gasteiger charge is -2.34. The van der Waals surface area contributed by atoms with E-state index in [9.17, 15) is 14.7 Å². The second-order valence-corrected chi connectivity index (χ2v) is 7.98. The van der Waals surface area contributed by atoms with Gasteiger partial charge in [0, 0.05) is 17.2 Å². The summed E-state index contributed by atoms with van der Waals surface area (Å²) in [5.74, 6) is -0.758. The van der Waals surface area contributed by atoms with Gasteiger partial charge < -0.3 is 19.7 Å². The summed E-state index contributed by atoms with van der Waals surface area (Å²) in [5, 5.41) is 21.7. The molecule has 2 rings (SSSR count). The molecule has 0 radical (unpaired) electrons. The molecule has 0 aliphatic carbocycles. The van der Waals surface area contributed by atoms with Gasteiger partial charge in [-0.3, -0.25) is 5.32 Å². The largest absolute Gasteiger partial charge is 0.504 e. The van der Waals surface area contributed by atoms with Crippen molar-refractivity contribution in [2.75, 3.05) is 12.4 Å². The van der Waals surface area contributed by atoms with Crippen LogP contribution in [0.2, 0.25) is 0 Å². The molecule has 0 saturated heterocycles. The lowest BCUT2D eigenvalue weighted by atomic mass is 9.78. The third-order valence-corrected chi connectivity index (χ3v) is 4.95. The van der Waals surface area contributed by atoms with Crippen LogP contribution in [0.5, 0.6) is 11.5 Å². The highest BCUT2D eigenvalue weighted by atomic mass is 16.6. The van der Waals surface area contributed by atoms with Gasteiger partial charge in [-0.15, -0.1) is 0 Å². The summed E-state index contributed by atoms with van der Waals surface area (Å²) >= 11 is 0. The van der Waals surface area contributed by atoms with Crippen LogP contribution in [0.15, 0.2) is 54.6 Å². The first-order valence-corrected chi connectivity index (χ1v) is 9.93. The predicted octanol–water partition coefficient (Wildman–Crippen LogP) is 5.45. The Morgan fingerprint density at radius 2 is 1.84 bits per heavy atom. The Hall–Kier alpha value is -3.48. The molecular weight excluding hydrogens is 398 g/mol. The number of rotatable bonds is 9. The summed E-state index contributed by atoms with van der Waals surface area (Å²) in [5.41, 5.74) is 1.72. The molecule has 0 spiro atoms. The van der Waals surface area contributed by atoms with Gasteiger partial charge in [-0.05, 0) is 49.6 Å². The van der Waals surface area contributed by atoms with Crippen molar-refractivity contribution in [1.29, 1.82) is 0 Å². The fourth-order valence-electron chi connectivity index (χ4n) is 3.21. The molecule has 0 unspecified atom stereocenters. The number of allylic oxidation sites excluding steroid dienone is 1. The maximum absolute atomic E-state index is 12.6. The number of ether oxygens (including phenoxy) is 2. The van der Waals surface area contributed by atoms with Gasteiger partial charge in [0.25, 0.3) is 0 Å². The van der Waals surface area contributed by atoms with Gasteiger partial charge in [-0.25, -0.2) is 9.59 Å². The number of hydrogen-bond donors (Lipinski definition) is 3. The van der Waals surface area contributed by atoms with E-state index in [1.54, 1.807) is 30.3 Å². The SMILES string of the molecule is COc1ccc([C@@H](OC(=O)Nc2ccc(C)cc2)C(C)(C)CC/C=C/C(=O)O)cc1O. The summed E-state index contributed by atoms with van der Waals surface area (Å²) in [4.78, 5) is 23.4. The molecule has 3 N–H and O–H groups in total.